The summed E-state index contributed by atoms with van der Waals surface area (Å²) in [5.41, 5.74) is 0.902. The van der Waals surface area contributed by atoms with Crippen LogP contribution in [0, 0.1) is 0 Å². The predicted octanol–water partition coefficient (Wildman–Crippen LogP) is 0.526. The molecule has 0 unspecified atom stereocenters. The zero-order valence-electron chi connectivity index (χ0n) is 18.4. The molecule has 1 heterocycles. The molecule has 178 valence electrons. The van der Waals surface area contributed by atoms with Gasteiger partial charge in [-0.1, -0.05) is 18.2 Å². The van der Waals surface area contributed by atoms with Gasteiger partial charge in [-0.25, -0.2) is 8.42 Å². The molecular weight excluding hydrogens is 450 g/mol. The highest BCUT2D eigenvalue weighted by atomic mass is 32.2. The fourth-order valence-electron chi connectivity index (χ4n) is 3.39. The Morgan fingerprint density at radius 2 is 1.73 bits per heavy atom. The number of methoxy groups -OCH3 is 2. The minimum Gasteiger partial charge on any atom is -0.497 e. The lowest BCUT2D eigenvalue weighted by Crippen LogP contribution is -2.47. The molecule has 1 aliphatic heterocycles. The molecule has 1 saturated heterocycles. The summed E-state index contributed by atoms with van der Waals surface area (Å²) < 4.78 is 42.9. The molecule has 1 aliphatic rings. The topological polar surface area (TPSA) is 123 Å². The van der Waals surface area contributed by atoms with Crippen LogP contribution in [0.3, 0.4) is 0 Å². The van der Waals surface area contributed by atoms with Crippen LogP contribution in [0.25, 0.3) is 0 Å². The number of sulfonamides is 1. The predicted molar refractivity (Wildman–Crippen MR) is 119 cm³/mol. The number of carbonyl (C=O) groups is 2. The second kappa shape index (κ2) is 11.1. The number of hydrogen-bond donors (Lipinski definition) is 2. The number of benzene rings is 2. The van der Waals surface area contributed by atoms with Gasteiger partial charge in [-0.2, -0.15) is 4.31 Å². The molecule has 0 radical (unpaired) electrons. The summed E-state index contributed by atoms with van der Waals surface area (Å²) in [5.74, 6) is -0.445. The second-order valence-corrected chi connectivity index (χ2v) is 9.04. The van der Waals surface area contributed by atoms with E-state index in [-0.39, 0.29) is 31.1 Å². The van der Waals surface area contributed by atoms with Gasteiger partial charge in [0.15, 0.2) is 0 Å². The van der Waals surface area contributed by atoms with Gasteiger partial charge in [-0.15, -0.1) is 0 Å². The second-order valence-electron chi connectivity index (χ2n) is 7.14. The summed E-state index contributed by atoms with van der Waals surface area (Å²) >= 11 is 0. The lowest BCUT2D eigenvalue weighted by molar-refractivity contribution is -0.139. The standard InChI is InChI=1S/C22H27N3O7S/c1-30-17-7-9-18(10-8-17)33(28,29)25-13-14-32-20(25)15-24-22(27)21(26)23-12-11-16-5-3-4-6-19(16)31-2/h3-10,20H,11-15H2,1-2H3,(H,23,26)(H,24,27)/t20-/m0/s1. The van der Waals surface area contributed by atoms with Gasteiger partial charge >= 0.3 is 11.8 Å². The Kier molecular flexibility index (Phi) is 8.26. The van der Waals surface area contributed by atoms with E-state index in [2.05, 4.69) is 10.6 Å². The van der Waals surface area contributed by atoms with Gasteiger partial charge < -0.3 is 24.8 Å². The Labute approximate surface area is 192 Å². The summed E-state index contributed by atoms with van der Waals surface area (Å²) in [7, 11) is -0.789. The molecule has 1 atom stereocenters. The molecular formula is C22H27N3O7S. The van der Waals surface area contributed by atoms with E-state index >= 15 is 0 Å². The summed E-state index contributed by atoms with van der Waals surface area (Å²) in [6, 6.07) is 13.4. The molecule has 0 saturated carbocycles. The van der Waals surface area contributed by atoms with Crippen molar-refractivity contribution in [2.24, 2.45) is 0 Å². The number of rotatable bonds is 9. The molecule has 1 fully saturated rings. The molecule has 0 aliphatic carbocycles. The minimum absolute atomic E-state index is 0.0826. The zero-order valence-corrected chi connectivity index (χ0v) is 19.3. The van der Waals surface area contributed by atoms with Crippen molar-refractivity contribution in [2.45, 2.75) is 17.5 Å². The first kappa shape index (κ1) is 24.5. The molecule has 0 aromatic heterocycles. The van der Waals surface area contributed by atoms with Crippen molar-refractivity contribution in [2.75, 3.05) is 40.5 Å². The number of ether oxygens (including phenoxy) is 3. The van der Waals surface area contributed by atoms with Crippen LogP contribution in [0.4, 0.5) is 0 Å². The maximum Gasteiger partial charge on any atom is 0.309 e. The van der Waals surface area contributed by atoms with E-state index in [4.69, 9.17) is 14.2 Å². The third-order valence-corrected chi connectivity index (χ3v) is 7.03. The Morgan fingerprint density at radius 3 is 2.42 bits per heavy atom. The Balaban J connectivity index is 1.51. The third-order valence-electron chi connectivity index (χ3n) is 5.13. The molecule has 0 bridgehead atoms. The maximum absolute atomic E-state index is 13.0. The largest absolute Gasteiger partial charge is 0.497 e. The van der Waals surface area contributed by atoms with Crippen molar-refractivity contribution in [1.82, 2.24) is 14.9 Å². The average molecular weight is 478 g/mol. The van der Waals surface area contributed by atoms with E-state index in [1.54, 1.807) is 19.2 Å². The van der Waals surface area contributed by atoms with Crippen molar-refractivity contribution in [3.8, 4) is 11.5 Å². The first-order chi connectivity index (χ1) is 15.9. The number of hydrogen-bond acceptors (Lipinski definition) is 7. The summed E-state index contributed by atoms with van der Waals surface area (Å²) in [6.45, 7) is 0.402. The van der Waals surface area contributed by atoms with E-state index in [0.717, 1.165) is 9.87 Å². The molecule has 2 N–H and O–H groups in total. The van der Waals surface area contributed by atoms with Crippen molar-refractivity contribution in [3.05, 3.63) is 54.1 Å². The monoisotopic (exact) mass is 477 g/mol. The maximum atomic E-state index is 13.0. The van der Waals surface area contributed by atoms with E-state index in [1.165, 1.54) is 19.2 Å². The van der Waals surface area contributed by atoms with Crippen LogP contribution in [0.15, 0.2) is 53.4 Å². The van der Waals surface area contributed by atoms with E-state index < -0.39 is 28.1 Å². The SMILES string of the molecule is COc1ccc(S(=O)(=O)N2CCO[C@H]2CNC(=O)C(=O)NCCc2ccccc2OC)cc1. The molecule has 3 rings (SSSR count). The van der Waals surface area contributed by atoms with Crippen LogP contribution >= 0.6 is 0 Å². The molecule has 10 nitrogen and oxygen atoms in total. The fourth-order valence-corrected chi connectivity index (χ4v) is 4.90. The number of nitrogens with one attached hydrogen (secondary N) is 2. The highest BCUT2D eigenvalue weighted by Gasteiger charge is 2.36. The van der Waals surface area contributed by atoms with Crippen LogP contribution in [-0.2, 0) is 30.8 Å². The van der Waals surface area contributed by atoms with Gasteiger partial charge in [-0.05, 0) is 42.3 Å². The van der Waals surface area contributed by atoms with Gasteiger partial charge in [-0.3, -0.25) is 9.59 Å². The van der Waals surface area contributed by atoms with Gasteiger partial charge in [0.2, 0.25) is 10.0 Å². The highest BCUT2D eigenvalue weighted by molar-refractivity contribution is 7.89. The van der Waals surface area contributed by atoms with Crippen molar-refractivity contribution in [3.63, 3.8) is 0 Å². The van der Waals surface area contributed by atoms with Crippen molar-refractivity contribution >= 4 is 21.8 Å². The quantitative estimate of drug-likeness (QED) is 0.505. The van der Waals surface area contributed by atoms with Crippen LogP contribution in [0.5, 0.6) is 11.5 Å². The van der Waals surface area contributed by atoms with Crippen LogP contribution < -0.4 is 20.1 Å². The van der Waals surface area contributed by atoms with E-state index in [1.807, 2.05) is 24.3 Å². The number of para-hydroxylation sites is 1. The van der Waals surface area contributed by atoms with Gasteiger partial charge in [0.05, 0.1) is 32.3 Å². The normalized spacial score (nSPS) is 16.2. The van der Waals surface area contributed by atoms with Crippen molar-refractivity contribution in [1.29, 1.82) is 0 Å². The lowest BCUT2D eigenvalue weighted by atomic mass is 10.1. The number of amides is 2. The molecule has 33 heavy (non-hydrogen) atoms. The highest BCUT2D eigenvalue weighted by Crippen LogP contribution is 2.24. The Morgan fingerprint density at radius 1 is 1.03 bits per heavy atom. The summed E-state index contributed by atoms with van der Waals surface area (Å²) in [6.07, 6.45) is -0.426. The Hall–Kier alpha value is -3.15. The lowest BCUT2D eigenvalue weighted by Gasteiger charge is -2.23. The fraction of sp³-hybridized carbons (Fsp3) is 0.364. The Bertz CT molecular complexity index is 1070. The molecule has 2 aromatic carbocycles. The third kappa shape index (κ3) is 6.01. The molecule has 11 heteroatoms. The van der Waals surface area contributed by atoms with Crippen molar-refractivity contribution < 1.29 is 32.2 Å². The number of carbonyl (C=O) groups excluding carboxylic acids is 2. The number of nitrogens with zero attached hydrogens (tertiary/aromatic N) is 1. The van der Waals surface area contributed by atoms with E-state index in [0.29, 0.717) is 17.9 Å². The molecule has 0 spiro atoms. The smallest absolute Gasteiger partial charge is 0.309 e. The first-order valence-electron chi connectivity index (χ1n) is 10.3. The van der Waals surface area contributed by atoms with Crippen LogP contribution in [0.1, 0.15) is 5.56 Å². The average Bonchev–Trinajstić information content (AvgIpc) is 3.32. The van der Waals surface area contributed by atoms with Crippen LogP contribution in [-0.4, -0.2) is 71.2 Å². The van der Waals surface area contributed by atoms with Gasteiger partial charge in [0.1, 0.15) is 17.7 Å². The molecule has 2 aromatic rings. The summed E-state index contributed by atoms with van der Waals surface area (Å²) in [4.78, 5) is 24.4. The minimum atomic E-state index is -3.84. The van der Waals surface area contributed by atoms with Crippen LogP contribution in [0.2, 0.25) is 0 Å². The zero-order chi connectivity index (χ0) is 23.8. The van der Waals surface area contributed by atoms with E-state index in [9.17, 15) is 18.0 Å². The molecule has 2 amide bonds. The summed E-state index contributed by atoms with van der Waals surface area (Å²) in [5, 5.41) is 4.99. The van der Waals surface area contributed by atoms with Gasteiger partial charge in [0, 0.05) is 13.1 Å². The van der Waals surface area contributed by atoms with Gasteiger partial charge in [0.25, 0.3) is 0 Å². The first-order valence-corrected chi connectivity index (χ1v) is 11.8.